The first-order valence-electron chi connectivity index (χ1n) is 7.49. The first-order valence-corrected chi connectivity index (χ1v) is 7.49. The van der Waals surface area contributed by atoms with E-state index in [4.69, 9.17) is 4.74 Å². The first-order chi connectivity index (χ1) is 10.3. The van der Waals surface area contributed by atoms with Crippen LogP contribution in [-0.4, -0.2) is 27.7 Å². The monoisotopic (exact) mass is 311 g/mol. The van der Waals surface area contributed by atoms with Crippen molar-refractivity contribution in [1.82, 2.24) is 9.55 Å². The molecule has 0 aliphatic carbocycles. The van der Waals surface area contributed by atoms with Gasteiger partial charge in [0.15, 0.2) is 12.4 Å². The molecule has 1 saturated heterocycles. The van der Waals surface area contributed by atoms with Gasteiger partial charge in [-0.15, -0.1) is 0 Å². The lowest BCUT2D eigenvalue weighted by atomic mass is 9.78. The van der Waals surface area contributed by atoms with E-state index in [1.54, 1.807) is 0 Å². The number of amides is 1. The number of alkyl halides is 1. The molecular weight excluding hydrogens is 289 g/mol. The molecule has 6 nitrogen and oxygen atoms in total. The highest BCUT2D eigenvalue weighted by Crippen LogP contribution is 2.48. The molecule has 22 heavy (non-hydrogen) atoms. The van der Waals surface area contributed by atoms with Gasteiger partial charge in [0.1, 0.15) is 5.82 Å². The number of halogens is 1. The van der Waals surface area contributed by atoms with Gasteiger partial charge in [0, 0.05) is 18.5 Å². The summed E-state index contributed by atoms with van der Waals surface area (Å²) in [6.45, 7) is 7.02. The fourth-order valence-electron chi connectivity index (χ4n) is 2.94. The zero-order chi connectivity index (χ0) is 16.5. The number of nitrogens with one attached hydrogen (secondary N) is 1. The molecule has 0 bridgehead atoms. The standard InChI is InChI=1S/C15H22FN3O3/c1-5-10-15(4,6-2)12(16)13(22-10)19-8-7-11(17-9(3)20)18-14(19)21/h7-8,10,12-13H,5-6H2,1-4H3,(H,17,18,20,21)/t10-,12-,13-,15-/m1/s1. The van der Waals surface area contributed by atoms with Crippen LogP contribution in [0, 0.1) is 5.41 Å². The van der Waals surface area contributed by atoms with Crippen LogP contribution in [0.5, 0.6) is 0 Å². The lowest BCUT2D eigenvalue weighted by Crippen LogP contribution is -2.36. The third kappa shape index (κ3) is 2.77. The van der Waals surface area contributed by atoms with Crippen molar-refractivity contribution in [2.75, 3.05) is 5.32 Å². The molecule has 0 saturated carbocycles. The van der Waals surface area contributed by atoms with E-state index in [2.05, 4.69) is 10.3 Å². The van der Waals surface area contributed by atoms with Crippen molar-refractivity contribution in [1.29, 1.82) is 0 Å². The molecule has 1 amide bonds. The Labute approximate surface area is 128 Å². The van der Waals surface area contributed by atoms with Crippen LogP contribution in [-0.2, 0) is 9.53 Å². The van der Waals surface area contributed by atoms with Gasteiger partial charge >= 0.3 is 5.69 Å². The van der Waals surface area contributed by atoms with Gasteiger partial charge in [-0.05, 0) is 18.9 Å². The van der Waals surface area contributed by atoms with Crippen LogP contribution >= 0.6 is 0 Å². The summed E-state index contributed by atoms with van der Waals surface area (Å²) in [5, 5.41) is 2.42. The van der Waals surface area contributed by atoms with Gasteiger partial charge in [0.25, 0.3) is 0 Å². The summed E-state index contributed by atoms with van der Waals surface area (Å²) in [6, 6.07) is 1.46. The molecule has 1 aliphatic rings. The van der Waals surface area contributed by atoms with E-state index in [1.807, 2.05) is 20.8 Å². The maximum Gasteiger partial charge on any atom is 0.351 e. The Balaban J connectivity index is 2.33. The Morgan fingerprint density at radius 3 is 2.68 bits per heavy atom. The largest absolute Gasteiger partial charge is 0.351 e. The number of aromatic nitrogens is 2. The molecule has 0 spiro atoms. The molecule has 0 aromatic carbocycles. The molecule has 1 aromatic heterocycles. The summed E-state index contributed by atoms with van der Waals surface area (Å²) in [5.74, 6) is -0.179. The zero-order valence-electron chi connectivity index (χ0n) is 13.3. The van der Waals surface area contributed by atoms with Gasteiger partial charge in [0.05, 0.1) is 6.10 Å². The molecule has 0 radical (unpaired) electrons. The van der Waals surface area contributed by atoms with Crippen molar-refractivity contribution in [3.05, 3.63) is 22.7 Å². The van der Waals surface area contributed by atoms with Crippen molar-refractivity contribution >= 4 is 11.7 Å². The van der Waals surface area contributed by atoms with Crippen molar-refractivity contribution in [2.45, 2.75) is 59.0 Å². The van der Waals surface area contributed by atoms with Crippen LogP contribution in [0.15, 0.2) is 17.1 Å². The number of hydrogen-bond donors (Lipinski definition) is 1. The molecule has 122 valence electrons. The number of carbonyl (C=O) groups excluding carboxylic acids is 1. The average molecular weight is 311 g/mol. The topological polar surface area (TPSA) is 73.2 Å². The van der Waals surface area contributed by atoms with Gasteiger partial charge in [-0.25, -0.2) is 9.18 Å². The van der Waals surface area contributed by atoms with E-state index in [-0.39, 0.29) is 17.8 Å². The summed E-state index contributed by atoms with van der Waals surface area (Å²) in [6.07, 6.45) is 0.170. The zero-order valence-corrected chi connectivity index (χ0v) is 13.3. The normalized spacial score (nSPS) is 31.2. The minimum Gasteiger partial charge on any atom is -0.351 e. The fraction of sp³-hybridized carbons (Fsp3) is 0.667. The highest BCUT2D eigenvalue weighted by Gasteiger charge is 2.53. The van der Waals surface area contributed by atoms with Crippen LogP contribution in [0.3, 0.4) is 0 Å². The summed E-state index contributed by atoms with van der Waals surface area (Å²) in [5.41, 5.74) is -1.27. The van der Waals surface area contributed by atoms with Gasteiger partial charge in [-0.3, -0.25) is 9.36 Å². The average Bonchev–Trinajstić information content (AvgIpc) is 2.71. The van der Waals surface area contributed by atoms with Crippen molar-refractivity contribution < 1.29 is 13.9 Å². The first kappa shape index (κ1) is 16.6. The maximum atomic E-state index is 14.9. The number of anilines is 1. The van der Waals surface area contributed by atoms with Crippen molar-refractivity contribution in [3.63, 3.8) is 0 Å². The molecule has 2 heterocycles. The Morgan fingerprint density at radius 2 is 2.23 bits per heavy atom. The number of ether oxygens (including phenoxy) is 1. The lowest BCUT2D eigenvalue weighted by molar-refractivity contribution is -0.114. The predicted molar refractivity (Wildman–Crippen MR) is 80.3 cm³/mol. The van der Waals surface area contributed by atoms with E-state index in [9.17, 15) is 14.0 Å². The van der Waals surface area contributed by atoms with E-state index in [1.165, 1.54) is 19.2 Å². The molecule has 7 heteroatoms. The van der Waals surface area contributed by atoms with Gasteiger partial charge in [-0.1, -0.05) is 20.8 Å². The molecule has 1 aromatic rings. The molecule has 2 rings (SSSR count). The van der Waals surface area contributed by atoms with Crippen LogP contribution in [0.2, 0.25) is 0 Å². The molecule has 0 unspecified atom stereocenters. The molecule has 4 atom stereocenters. The second kappa shape index (κ2) is 6.16. The van der Waals surface area contributed by atoms with Crippen LogP contribution in [0.25, 0.3) is 0 Å². The highest BCUT2D eigenvalue weighted by molar-refractivity contribution is 5.87. The quantitative estimate of drug-likeness (QED) is 0.925. The van der Waals surface area contributed by atoms with Crippen LogP contribution in [0.1, 0.15) is 46.8 Å². The molecule has 1 aliphatic heterocycles. The number of nitrogens with zero attached hydrogens (tertiary/aromatic N) is 2. The van der Waals surface area contributed by atoms with Gasteiger partial charge in [-0.2, -0.15) is 4.98 Å². The van der Waals surface area contributed by atoms with Crippen LogP contribution in [0.4, 0.5) is 10.2 Å². The summed E-state index contributed by atoms with van der Waals surface area (Å²) >= 11 is 0. The fourth-order valence-corrected chi connectivity index (χ4v) is 2.94. The predicted octanol–water partition coefficient (Wildman–Crippen LogP) is 2.26. The summed E-state index contributed by atoms with van der Waals surface area (Å²) < 4.78 is 21.8. The third-order valence-electron chi connectivity index (χ3n) is 4.46. The van der Waals surface area contributed by atoms with Crippen LogP contribution < -0.4 is 11.0 Å². The van der Waals surface area contributed by atoms with E-state index in [0.717, 1.165) is 4.57 Å². The Bertz CT molecular complexity index is 618. The maximum absolute atomic E-state index is 14.9. The van der Waals surface area contributed by atoms with Crippen molar-refractivity contribution in [2.24, 2.45) is 5.41 Å². The SMILES string of the molecule is CC[C@H]1O[C@@H](n2ccc(NC(C)=O)nc2=O)[C@@H](F)[C@]1(C)CC. The highest BCUT2D eigenvalue weighted by atomic mass is 19.1. The molecule has 1 fully saturated rings. The van der Waals surface area contributed by atoms with Crippen molar-refractivity contribution in [3.8, 4) is 0 Å². The van der Waals surface area contributed by atoms with E-state index in [0.29, 0.717) is 12.8 Å². The Morgan fingerprint density at radius 1 is 1.55 bits per heavy atom. The molecular formula is C15H22FN3O3. The number of rotatable bonds is 4. The Kier molecular flexibility index (Phi) is 4.65. The smallest absolute Gasteiger partial charge is 0.351 e. The minimum atomic E-state index is -1.30. The minimum absolute atomic E-state index is 0.146. The number of hydrogen-bond acceptors (Lipinski definition) is 4. The summed E-state index contributed by atoms with van der Waals surface area (Å²) in [4.78, 5) is 26.8. The lowest BCUT2D eigenvalue weighted by Gasteiger charge is -2.29. The Hall–Kier alpha value is -1.76. The van der Waals surface area contributed by atoms with Gasteiger partial charge < -0.3 is 10.1 Å². The summed E-state index contributed by atoms with van der Waals surface area (Å²) in [7, 11) is 0. The number of carbonyl (C=O) groups is 1. The second-order valence-corrected chi connectivity index (χ2v) is 5.87. The molecule has 1 N–H and O–H groups in total. The van der Waals surface area contributed by atoms with E-state index < -0.39 is 23.5 Å². The van der Waals surface area contributed by atoms with Gasteiger partial charge in [0.2, 0.25) is 5.91 Å². The van der Waals surface area contributed by atoms with E-state index >= 15 is 0 Å². The third-order valence-corrected chi connectivity index (χ3v) is 4.46. The second-order valence-electron chi connectivity index (χ2n) is 5.87.